The molecular formula is C21H23ClO6. The second kappa shape index (κ2) is 7.80. The van der Waals surface area contributed by atoms with Gasteiger partial charge in [-0.05, 0) is 51.3 Å². The maximum atomic E-state index is 13.0. The van der Waals surface area contributed by atoms with Crippen molar-refractivity contribution >= 4 is 23.5 Å². The Bertz CT molecular complexity index is 993. The van der Waals surface area contributed by atoms with Gasteiger partial charge in [0.25, 0.3) is 0 Å². The van der Waals surface area contributed by atoms with Gasteiger partial charge in [0, 0.05) is 13.8 Å². The highest BCUT2D eigenvalue weighted by Crippen LogP contribution is 2.42. The number of carbonyl (C=O) groups excluding carboxylic acids is 2. The summed E-state index contributed by atoms with van der Waals surface area (Å²) in [6.07, 6.45) is 0. The highest BCUT2D eigenvalue weighted by molar-refractivity contribution is 6.33. The SMILES string of the molecule is CC(=O)Oc1c(Cl)c(C(C)(C)OC(C)=O)oc(=O)c1-c1c(C)cc(C)cc1C. The third kappa shape index (κ3) is 4.28. The van der Waals surface area contributed by atoms with Crippen LogP contribution in [-0.2, 0) is 19.9 Å². The predicted molar refractivity (Wildman–Crippen MR) is 106 cm³/mol. The Labute approximate surface area is 168 Å². The van der Waals surface area contributed by atoms with Crippen molar-refractivity contribution in [3.63, 3.8) is 0 Å². The van der Waals surface area contributed by atoms with Crippen molar-refractivity contribution in [1.29, 1.82) is 0 Å². The molecule has 0 radical (unpaired) electrons. The molecule has 0 N–H and O–H groups in total. The standard InChI is InChI=1S/C21H23ClO6/c1-10-8-11(2)15(12(3)9-10)16-18(26-13(4)23)17(22)19(27-20(16)25)21(6,7)28-14(5)24/h8-9H,1-7H3. The van der Waals surface area contributed by atoms with Gasteiger partial charge in [-0.2, -0.15) is 0 Å². The summed E-state index contributed by atoms with van der Waals surface area (Å²) in [6.45, 7) is 11.1. The smallest absolute Gasteiger partial charge is 0.347 e. The average molecular weight is 407 g/mol. The lowest BCUT2D eigenvalue weighted by atomic mass is 9.93. The molecule has 28 heavy (non-hydrogen) atoms. The van der Waals surface area contributed by atoms with E-state index < -0.39 is 23.2 Å². The van der Waals surface area contributed by atoms with Gasteiger partial charge in [0.15, 0.2) is 17.1 Å². The van der Waals surface area contributed by atoms with Crippen LogP contribution in [0.1, 0.15) is 50.1 Å². The van der Waals surface area contributed by atoms with Gasteiger partial charge in [-0.3, -0.25) is 9.59 Å². The van der Waals surface area contributed by atoms with Crippen molar-refractivity contribution in [2.24, 2.45) is 0 Å². The Morgan fingerprint density at radius 3 is 2.00 bits per heavy atom. The molecule has 1 aromatic heterocycles. The van der Waals surface area contributed by atoms with Gasteiger partial charge in [-0.15, -0.1) is 0 Å². The minimum absolute atomic E-state index is 0.0533. The molecule has 0 bridgehead atoms. The lowest BCUT2D eigenvalue weighted by Gasteiger charge is -2.25. The number of hydrogen-bond donors (Lipinski definition) is 0. The molecule has 0 aliphatic carbocycles. The molecule has 0 spiro atoms. The summed E-state index contributed by atoms with van der Waals surface area (Å²) < 4.78 is 16.0. The van der Waals surface area contributed by atoms with Crippen LogP contribution in [0.15, 0.2) is 21.3 Å². The third-order valence-electron chi connectivity index (χ3n) is 4.14. The fourth-order valence-corrected chi connectivity index (χ4v) is 3.72. The lowest BCUT2D eigenvalue weighted by molar-refractivity contribution is -0.156. The Kier molecular flexibility index (Phi) is 6.04. The Balaban J connectivity index is 2.90. The Morgan fingerprint density at radius 1 is 1.00 bits per heavy atom. The van der Waals surface area contributed by atoms with Crippen molar-refractivity contribution in [2.45, 2.75) is 54.1 Å². The van der Waals surface area contributed by atoms with E-state index in [-0.39, 0.29) is 22.1 Å². The van der Waals surface area contributed by atoms with Crippen LogP contribution in [0.25, 0.3) is 11.1 Å². The number of esters is 2. The van der Waals surface area contributed by atoms with Gasteiger partial charge in [0.2, 0.25) is 0 Å². The molecule has 0 amide bonds. The van der Waals surface area contributed by atoms with Crippen LogP contribution in [0.2, 0.25) is 5.02 Å². The molecule has 0 aliphatic heterocycles. The van der Waals surface area contributed by atoms with Crippen molar-refractivity contribution in [1.82, 2.24) is 0 Å². The number of aryl methyl sites for hydroxylation is 3. The fraction of sp³-hybridized carbons (Fsp3) is 0.381. The third-order valence-corrected chi connectivity index (χ3v) is 4.49. The molecule has 0 fully saturated rings. The van der Waals surface area contributed by atoms with Crippen LogP contribution in [0, 0.1) is 20.8 Å². The summed E-state index contributed by atoms with van der Waals surface area (Å²) >= 11 is 6.48. The van der Waals surface area contributed by atoms with Crippen molar-refractivity contribution < 1.29 is 23.5 Å². The first kappa shape index (κ1) is 21.7. The van der Waals surface area contributed by atoms with Gasteiger partial charge < -0.3 is 13.9 Å². The average Bonchev–Trinajstić information content (AvgIpc) is 2.50. The topological polar surface area (TPSA) is 82.8 Å². The van der Waals surface area contributed by atoms with Crippen LogP contribution in [0.5, 0.6) is 5.75 Å². The van der Waals surface area contributed by atoms with E-state index >= 15 is 0 Å². The zero-order chi connectivity index (χ0) is 21.4. The maximum absolute atomic E-state index is 13.0. The summed E-state index contributed by atoms with van der Waals surface area (Å²) in [5, 5.41) is -0.101. The number of hydrogen-bond acceptors (Lipinski definition) is 6. The highest BCUT2D eigenvalue weighted by atomic mass is 35.5. The van der Waals surface area contributed by atoms with E-state index in [1.165, 1.54) is 27.7 Å². The van der Waals surface area contributed by atoms with E-state index in [1.807, 2.05) is 32.9 Å². The molecule has 0 atom stereocenters. The number of halogens is 1. The fourth-order valence-electron chi connectivity index (χ4n) is 3.32. The second-order valence-electron chi connectivity index (χ2n) is 7.21. The van der Waals surface area contributed by atoms with Crippen molar-refractivity contribution in [2.75, 3.05) is 0 Å². The van der Waals surface area contributed by atoms with Crippen LogP contribution in [0.4, 0.5) is 0 Å². The van der Waals surface area contributed by atoms with Gasteiger partial charge >= 0.3 is 17.6 Å². The Hall–Kier alpha value is -2.60. The normalized spacial score (nSPS) is 11.3. The van der Waals surface area contributed by atoms with Crippen LogP contribution in [0.3, 0.4) is 0 Å². The molecule has 150 valence electrons. The molecule has 1 aromatic carbocycles. The lowest BCUT2D eigenvalue weighted by Crippen LogP contribution is -2.27. The number of carbonyl (C=O) groups is 2. The van der Waals surface area contributed by atoms with E-state index in [0.717, 1.165) is 16.7 Å². The Morgan fingerprint density at radius 2 is 1.54 bits per heavy atom. The first-order valence-electron chi connectivity index (χ1n) is 8.68. The molecule has 1 heterocycles. The number of ether oxygens (including phenoxy) is 2. The quantitative estimate of drug-likeness (QED) is 0.689. The van der Waals surface area contributed by atoms with Gasteiger partial charge in [0.1, 0.15) is 10.6 Å². The molecule has 7 heteroatoms. The number of benzene rings is 1. The first-order valence-corrected chi connectivity index (χ1v) is 9.06. The van der Waals surface area contributed by atoms with Gasteiger partial charge in [-0.25, -0.2) is 4.79 Å². The van der Waals surface area contributed by atoms with E-state index in [2.05, 4.69) is 0 Å². The van der Waals surface area contributed by atoms with Crippen LogP contribution >= 0.6 is 11.6 Å². The van der Waals surface area contributed by atoms with Crippen LogP contribution < -0.4 is 10.4 Å². The van der Waals surface area contributed by atoms with Gasteiger partial charge in [-0.1, -0.05) is 29.3 Å². The molecule has 2 rings (SSSR count). The van der Waals surface area contributed by atoms with E-state index in [9.17, 15) is 14.4 Å². The van der Waals surface area contributed by atoms with Crippen molar-refractivity contribution in [3.8, 4) is 16.9 Å². The van der Waals surface area contributed by atoms with E-state index in [1.54, 1.807) is 0 Å². The summed E-state index contributed by atoms with van der Waals surface area (Å²) in [6, 6.07) is 3.81. The van der Waals surface area contributed by atoms with Crippen LogP contribution in [-0.4, -0.2) is 11.9 Å². The molecule has 0 aliphatic rings. The monoisotopic (exact) mass is 406 g/mol. The minimum atomic E-state index is -1.34. The summed E-state index contributed by atoms with van der Waals surface area (Å²) in [7, 11) is 0. The predicted octanol–water partition coefficient (Wildman–Crippen LogP) is 4.61. The molecule has 0 saturated carbocycles. The zero-order valence-electron chi connectivity index (χ0n) is 17.0. The molecule has 2 aromatic rings. The highest BCUT2D eigenvalue weighted by Gasteiger charge is 2.35. The zero-order valence-corrected chi connectivity index (χ0v) is 17.7. The second-order valence-corrected chi connectivity index (χ2v) is 7.59. The molecule has 0 unspecified atom stereocenters. The summed E-state index contributed by atoms with van der Waals surface area (Å²) in [4.78, 5) is 36.1. The molecule has 6 nitrogen and oxygen atoms in total. The minimum Gasteiger partial charge on any atom is -0.452 e. The van der Waals surface area contributed by atoms with Gasteiger partial charge in [0.05, 0.1) is 0 Å². The summed E-state index contributed by atoms with van der Waals surface area (Å²) in [5.41, 5.74) is 1.18. The van der Waals surface area contributed by atoms with E-state index in [4.69, 9.17) is 25.5 Å². The largest absolute Gasteiger partial charge is 0.452 e. The van der Waals surface area contributed by atoms with E-state index in [0.29, 0.717) is 5.56 Å². The molecule has 0 saturated heterocycles. The summed E-state index contributed by atoms with van der Waals surface area (Å²) in [5.74, 6) is -1.44. The molecular weight excluding hydrogens is 384 g/mol. The first-order chi connectivity index (χ1) is 12.8. The number of rotatable bonds is 4. The van der Waals surface area contributed by atoms with Crippen molar-refractivity contribution in [3.05, 3.63) is 50.0 Å². The maximum Gasteiger partial charge on any atom is 0.347 e.